The molecule has 6 heteroatoms. The molecule has 0 spiro atoms. The van der Waals surface area contributed by atoms with E-state index in [2.05, 4.69) is 24.3 Å². The Morgan fingerprint density at radius 1 is 1.36 bits per heavy atom. The Morgan fingerprint density at radius 2 is 2.12 bits per heavy atom. The molecule has 4 rings (SSSR count). The number of fused-ring (bicyclic) bond motifs is 1. The summed E-state index contributed by atoms with van der Waals surface area (Å²) in [6, 6.07) is 2.21. The highest BCUT2D eigenvalue weighted by Gasteiger charge is 2.33. The average Bonchev–Trinajstić information content (AvgIpc) is 3.49. The third-order valence-corrected chi connectivity index (χ3v) is 5.26. The zero-order chi connectivity index (χ0) is 17.6. The fourth-order valence-electron chi connectivity index (χ4n) is 3.50. The zero-order valence-corrected chi connectivity index (χ0v) is 14.9. The predicted molar refractivity (Wildman–Crippen MR) is 95.6 cm³/mol. The molecular weight excluding hydrogens is 316 g/mol. The number of carbonyl (C=O) groups is 1. The van der Waals surface area contributed by atoms with Crippen molar-refractivity contribution in [2.45, 2.75) is 64.0 Å². The van der Waals surface area contributed by atoms with Crippen molar-refractivity contribution in [3.63, 3.8) is 0 Å². The van der Waals surface area contributed by atoms with Crippen molar-refractivity contribution in [3.05, 3.63) is 23.5 Å². The molecule has 0 radical (unpaired) electrons. The molecule has 2 aromatic rings. The minimum Gasteiger partial charge on any atom is -0.396 e. The number of carbonyl (C=O) groups excluding carboxylic acids is 1. The summed E-state index contributed by atoms with van der Waals surface area (Å²) < 4.78 is 1.89. The van der Waals surface area contributed by atoms with E-state index in [0.29, 0.717) is 23.8 Å². The van der Waals surface area contributed by atoms with E-state index in [1.165, 1.54) is 0 Å². The Hall–Kier alpha value is -1.95. The summed E-state index contributed by atoms with van der Waals surface area (Å²) >= 11 is 0. The van der Waals surface area contributed by atoms with Crippen LogP contribution >= 0.6 is 0 Å². The van der Waals surface area contributed by atoms with Crippen molar-refractivity contribution in [1.29, 1.82) is 0 Å². The number of hydrogen-bond acceptors (Lipinski definition) is 4. The van der Waals surface area contributed by atoms with Crippen molar-refractivity contribution < 1.29 is 9.90 Å². The Labute approximate surface area is 147 Å². The molecule has 2 N–H and O–H groups in total. The van der Waals surface area contributed by atoms with Crippen molar-refractivity contribution in [2.24, 2.45) is 5.92 Å². The van der Waals surface area contributed by atoms with Crippen LogP contribution in [0.3, 0.4) is 0 Å². The molecule has 2 aliphatic carbocycles. The molecule has 2 saturated carbocycles. The predicted octanol–water partition coefficient (Wildman–Crippen LogP) is 2.78. The monoisotopic (exact) mass is 342 g/mol. The van der Waals surface area contributed by atoms with Gasteiger partial charge in [-0.15, -0.1) is 0 Å². The van der Waals surface area contributed by atoms with Gasteiger partial charge in [-0.1, -0.05) is 0 Å². The standard InChI is InChI=1S/C19H26N4O2/c1-11(2)23-18-15(10-20-23)14(9-17(21-18)13-5-6-13)19(25)22-16(7-8-24)12-3-4-12/h9-13,16,24H,3-8H2,1-2H3,(H,22,25). The maximum absolute atomic E-state index is 13.0. The third kappa shape index (κ3) is 3.27. The Bertz CT molecular complexity index is 790. The molecule has 2 aromatic heterocycles. The van der Waals surface area contributed by atoms with Gasteiger partial charge in [-0.3, -0.25) is 4.79 Å². The molecule has 134 valence electrons. The van der Waals surface area contributed by atoms with Gasteiger partial charge in [0.25, 0.3) is 5.91 Å². The summed E-state index contributed by atoms with van der Waals surface area (Å²) in [6.07, 6.45) is 6.93. The fourth-order valence-corrected chi connectivity index (χ4v) is 3.50. The molecule has 0 aliphatic heterocycles. The second-order valence-corrected chi connectivity index (χ2v) is 7.72. The Morgan fingerprint density at radius 3 is 2.72 bits per heavy atom. The largest absolute Gasteiger partial charge is 0.396 e. The highest BCUT2D eigenvalue weighted by molar-refractivity contribution is 6.05. The minimum atomic E-state index is -0.0667. The Balaban J connectivity index is 1.70. The van der Waals surface area contributed by atoms with E-state index in [0.717, 1.165) is 42.4 Å². The van der Waals surface area contributed by atoms with E-state index in [1.54, 1.807) is 6.20 Å². The topological polar surface area (TPSA) is 80.0 Å². The van der Waals surface area contributed by atoms with Crippen LogP contribution in [0.2, 0.25) is 0 Å². The van der Waals surface area contributed by atoms with E-state index < -0.39 is 0 Å². The summed E-state index contributed by atoms with van der Waals surface area (Å²) in [5.41, 5.74) is 2.47. The van der Waals surface area contributed by atoms with Gasteiger partial charge in [-0.2, -0.15) is 5.10 Å². The number of aromatic nitrogens is 3. The van der Waals surface area contributed by atoms with Crippen molar-refractivity contribution >= 4 is 16.9 Å². The third-order valence-electron chi connectivity index (χ3n) is 5.26. The van der Waals surface area contributed by atoms with Crippen LogP contribution in [0, 0.1) is 5.92 Å². The van der Waals surface area contributed by atoms with E-state index in [9.17, 15) is 9.90 Å². The number of amides is 1. The van der Waals surface area contributed by atoms with Crippen LogP contribution in [0.5, 0.6) is 0 Å². The van der Waals surface area contributed by atoms with E-state index in [1.807, 2.05) is 10.7 Å². The smallest absolute Gasteiger partial charge is 0.252 e. The second kappa shape index (κ2) is 6.41. The number of aliphatic hydroxyl groups excluding tert-OH is 1. The maximum atomic E-state index is 13.0. The molecule has 6 nitrogen and oxygen atoms in total. The average molecular weight is 342 g/mol. The van der Waals surface area contributed by atoms with Gasteiger partial charge < -0.3 is 10.4 Å². The zero-order valence-electron chi connectivity index (χ0n) is 14.9. The van der Waals surface area contributed by atoms with Gasteiger partial charge in [0.15, 0.2) is 5.65 Å². The lowest BCUT2D eigenvalue weighted by molar-refractivity contribution is 0.0926. The molecule has 0 bridgehead atoms. The summed E-state index contributed by atoms with van der Waals surface area (Å²) in [5, 5.41) is 17.7. The number of hydrogen-bond donors (Lipinski definition) is 2. The quantitative estimate of drug-likeness (QED) is 0.811. The van der Waals surface area contributed by atoms with Crippen molar-refractivity contribution in [3.8, 4) is 0 Å². The van der Waals surface area contributed by atoms with Crippen LogP contribution in [0.1, 0.15) is 74.0 Å². The first-order valence-electron chi connectivity index (χ1n) is 9.38. The van der Waals surface area contributed by atoms with Crippen LogP contribution in [0.15, 0.2) is 12.3 Å². The molecular formula is C19H26N4O2. The molecule has 1 atom stereocenters. The first-order valence-corrected chi connectivity index (χ1v) is 9.38. The molecule has 25 heavy (non-hydrogen) atoms. The molecule has 1 amide bonds. The SMILES string of the molecule is CC(C)n1ncc2c(C(=O)NC(CCO)C3CC3)cc(C3CC3)nc21. The summed E-state index contributed by atoms with van der Waals surface area (Å²) in [4.78, 5) is 17.8. The summed E-state index contributed by atoms with van der Waals surface area (Å²) in [6.45, 7) is 4.25. The molecule has 2 aliphatic rings. The van der Waals surface area contributed by atoms with E-state index in [-0.39, 0.29) is 24.6 Å². The maximum Gasteiger partial charge on any atom is 0.252 e. The van der Waals surface area contributed by atoms with E-state index in [4.69, 9.17) is 4.98 Å². The number of nitrogens with one attached hydrogen (secondary N) is 1. The van der Waals surface area contributed by atoms with Crippen molar-refractivity contribution in [2.75, 3.05) is 6.61 Å². The van der Waals surface area contributed by atoms with Crippen LogP contribution in [-0.4, -0.2) is 38.4 Å². The van der Waals surface area contributed by atoms with Crippen LogP contribution in [0.25, 0.3) is 11.0 Å². The number of pyridine rings is 1. The number of rotatable bonds is 7. The van der Waals surface area contributed by atoms with Gasteiger partial charge in [0, 0.05) is 30.3 Å². The normalized spacial score (nSPS) is 18.7. The first kappa shape index (κ1) is 16.5. The van der Waals surface area contributed by atoms with Gasteiger partial charge in [-0.25, -0.2) is 9.67 Å². The van der Waals surface area contributed by atoms with Gasteiger partial charge in [0.1, 0.15) is 0 Å². The second-order valence-electron chi connectivity index (χ2n) is 7.72. The van der Waals surface area contributed by atoms with Gasteiger partial charge >= 0.3 is 0 Å². The van der Waals surface area contributed by atoms with Crippen molar-refractivity contribution in [1.82, 2.24) is 20.1 Å². The van der Waals surface area contributed by atoms with Crippen LogP contribution in [-0.2, 0) is 0 Å². The number of nitrogens with zero attached hydrogens (tertiary/aromatic N) is 3. The van der Waals surface area contributed by atoms with Gasteiger partial charge in [0.05, 0.1) is 17.1 Å². The summed E-state index contributed by atoms with van der Waals surface area (Å²) in [5.74, 6) is 0.917. The molecule has 1 unspecified atom stereocenters. The van der Waals surface area contributed by atoms with Crippen LogP contribution < -0.4 is 5.32 Å². The first-order chi connectivity index (χ1) is 12.1. The fraction of sp³-hybridized carbons (Fsp3) is 0.632. The lowest BCUT2D eigenvalue weighted by Crippen LogP contribution is -2.37. The molecule has 2 heterocycles. The highest BCUT2D eigenvalue weighted by atomic mass is 16.3. The molecule has 2 fully saturated rings. The minimum absolute atomic E-state index is 0.0604. The van der Waals surface area contributed by atoms with E-state index >= 15 is 0 Å². The molecule has 0 saturated heterocycles. The van der Waals surface area contributed by atoms with Gasteiger partial charge in [-0.05, 0) is 57.9 Å². The highest BCUT2D eigenvalue weighted by Crippen LogP contribution is 2.40. The lowest BCUT2D eigenvalue weighted by Gasteiger charge is -2.18. The summed E-state index contributed by atoms with van der Waals surface area (Å²) in [7, 11) is 0. The van der Waals surface area contributed by atoms with Gasteiger partial charge in [0.2, 0.25) is 0 Å². The lowest BCUT2D eigenvalue weighted by atomic mass is 10.1. The Kier molecular flexibility index (Phi) is 4.23. The molecule has 0 aromatic carbocycles. The number of aliphatic hydroxyl groups is 1. The van der Waals surface area contributed by atoms with Crippen LogP contribution in [0.4, 0.5) is 0 Å².